The zero-order valence-corrected chi connectivity index (χ0v) is 9.11. The first-order chi connectivity index (χ1) is 7.65. The highest BCUT2D eigenvalue weighted by Gasteiger charge is 2.19. The quantitative estimate of drug-likeness (QED) is 0.613. The first-order valence-electron chi connectivity index (χ1n) is 4.69. The second-order valence-corrected chi connectivity index (χ2v) is 2.94. The molecule has 0 unspecified atom stereocenters. The minimum Gasteiger partial charge on any atom is -0.495 e. The number of hydrogen-bond acceptors (Lipinski definition) is 5. The number of ether oxygens (including phenoxy) is 2. The van der Waals surface area contributed by atoms with Crippen molar-refractivity contribution in [3.8, 4) is 11.8 Å². The second-order valence-electron chi connectivity index (χ2n) is 2.94. The van der Waals surface area contributed by atoms with Gasteiger partial charge in [0.1, 0.15) is 17.4 Å². The van der Waals surface area contributed by atoms with E-state index in [1.54, 1.807) is 6.92 Å². The maximum absolute atomic E-state index is 11.6. The van der Waals surface area contributed by atoms with Gasteiger partial charge in [-0.15, -0.1) is 0 Å². The molecule has 0 aromatic heterocycles. The molecule has 0 aliphatic heterocycles. The molecule has 0 spiro atoms. The molecule has 0 aliphatic carbocycles. The predicted octanol–water partition coefficient (Wildman–Crippen LogP) is 1.33. The van der Waals surface area contributed by atoms with E-state index in [0.717, 1.165) is 0 Å². The average Bonchev–Trinajstić information content (AvgIpc) is 2.28. The van der Waals surface area contributed by atoms with Crippen LogP contribution in [0, 0.1) is 11.3 Å². The largest absolute Gasteiger partial charge is 0.495 e. The van der Waals surface area contributed by atoms with Crippen LogP contribution in [0.2, 0.25) is 0 Å². The van der Waals surface area contributed by atoms with E-state index in [1.807, 2.05) is 6.07 Å². The number of carbonyl (C=O) groups is 1. The van der Waals surface area contributed by atoms with Gasteiger partial charge >= 0.3 is 5.97 Å². The van der Waals surface area contributed by atoms with Crippen LogP contribution in [0.5, 0.6) is 5.75 Å². The number of nitrogen functional groups attached to an aromatic ring is 1. The molecule has 16 heavy (non-hydrogen) atoms. The molecule has 0 saturated heterocycles. The lowest BCUT2D eigenvalue weighted by Crippen LogP contribution is -2.11. The fourth-order valence-corrected chi connectivity index (χ4v) is 1.29. The van der Waals surface area contributed by atoms with Gasteiger partial charge in [-0.25, -0.2) is 4.79 Å². The number of anilines is 1. The van der Waals surface area contributed by atoms with Gasteiger partial charge in [0.2, 0.25) is 0 Å². The van der Waals surface area contributed by atoms with Crippen molar-refractivity contribution >= 4 is 11.7 Å². The fraction of sp³-hybridized carbons (Fsp3) is 0.273. The predicted molar refractivity (Wildman–Crippen MR) is 58.1 cm³/mol. The van der Waals surface area contributed by atoms with Crippen LogP contribution in [0.25, 0.3) is 0 Å². The number of nitriles is 1. The topological polar surface area (TPSA) is 85.3 Å². The first-order valence-corrected chi connectivity index (χ1v) is 4.69. The lowest BCUT2D eigenvalue weighted by atomic mass is 10.1. The number of carbonyl (C=O) groups excluding carboxylic acids is 1. The lowest BCUT2D eigenvalue weighted by molar-refractivity contribution is 0.0527. The van der Waals surface area contributed by atoms with Crippen LogP contribution in [0.4, 0.5) is 5.69 Å². The van der Waals surface area contributed by atoms with Crippen molar-refractivity contribution in [1.29, 1.82) is 5.26 Å². The zero-order chi connectivity index (χ0) is 12.1. The lowest BCUT2D eigenvalue weighted by Gasteiger charge is -2.10. The van der Waals surface area contributed by atoms with E-state index < -0.39 is 5.97 Å². The summed E-state index contributed by atoms with van der Waals surface area (Å²) >= 11 is 0. The van der Waals surface area contributed by atoms with Crippen molar-refractivity contribution in [2.24, 2.45) is 0 Å². The maximum Gasteiger partial charge on any atom is 0.341 e. The van der Waals surface area contributed by atoms with E-state index in [-0.39, 0.29) is 23.4 Å². The summed E-state index contributed by atoms with van der Waals surface area (Å²) in [7, 11) is 1.44. The zero-order valence-electron chi connectivity index (χ0n) is 9.11. The highest BCUT2D eigenvalue weighted by molar-refractivity contribution is 5.99. The van der Waals surface area contributed by atoms with Crippen LogP contribution in [0.1, 0.15) is 22.8 Å². The van der Waals surface area contributed by atoms with Crippen molar-refractivity contribution < 1.29 is 14.3 Å². The molecule has 0 amide bonds. The number of esters is 1. The Balaban J connectivity index is 3.33. The molecule has 0 saturated carbocycles. The van der Waals surface area contributed by atoms with E-state index in [9.17, 15) is 4.79 Å². The van der Waals surface area contributed by atoms with Gasteiger partial charge in [0.05, 0.1) is 25.0 Å². The highest BCUT2D eigenvalue weighted by atomic mass is 16.5. The summed E-state index contributed by atoms with van der Waals surface area (Å²) in [6, 6.07) is 4.90. The summed E-state index contributed by atoms with van der Waals surface area (Å²) in [5.41, 5.74) is 6.09. The fourth-order valence-electron chi connectivity index (χ4n) is 1.29. The molecule has 0 fully saturated rings. The number of methoxy groups -OCH3 is 1. The van der Waals surface area contributed by atoms with Crippen molar-refractivity contribution in [1.82, 2.24) is 0 Å². The van der Waals surface area contributed by atoms with Gasteiger partial charge in [-0.2, -0.15) is 5.26 Å². The van der Waals surface area contributed by atoms with Crippen LogP contribution < -0.4 is 10.5 Å². The number of hydrogen-bond donors (Lipinski definition) is 1. The van der Waals surface area contributed by atoms with Gasteiger partial charge in [0.25, 0.3) is 0 Å². The van der Waals surface area contributed by atoms with E-state index in [0.29, 0.717) is 5.75 Å². The maximum atomic E-state index is 11.6. The van der Waals surface area contributed by atoms with Crippen molar-refractivity contribution in [3.63, 3.8) is 0 Å². The number of benzene rings is 1. The molecule has 0 radical (unpaired) electrons. The summed E-state index contributed by atoms with van der Waals surface area (Å²) in [6.45, 7) is 1.90. The molecule has 5 nitrogen and oxygen atoms in total. The molecular weight excluding hydrogens is 208 g/mol. The van der Waals surface area contributed by atoms with E-state index in [4.69, 9.17) is 20.5 Å². The second kappa shape index (κ2) is 5.03. The van der Waals surface area contributed by atoms with Crippen LogP contribution >= 0.6 is 0 Å². The highest BCUT2D eigenvalue weighted by Crippen LogP contribution is 2.28. The monoisotopic (exact) mass is 220 g/mol. The summed E-state index contributed by atoms with van der Waals surface area (Å²) in [5.74, 6) is -0.266. The summed E-state index contributed by atoms with van der Waals surface area (Å²) < 4.78 is 9.80. The van der Waals surface area contributed by atoms with E-state index >= 15 is 0 Å². The molecule has 0 bridgehead atoms. The van der Waals surface area contributed by atoms with Gasteiger partial charge in [-0.1, -0.05) is 0 Å². The molecule has 1 aromatic carbocycles. The van der Waals surface area contributed by atoms with Crippen molar-refractivity contribution in [2.45, 2.75) is 6.92 Å². The van der Waals surface area contributed by atoms with Crippen LogP contribution in [0.3, 0.4) is 0 Å². The Hall–Kier alpha value is -2.22. The van der Waals surface area contributed by atoms with Crippen molar-refractivity contribution in [3.05, 3.63) is 23.3 Å². The van der Waals surface area contributed by atoms with Crippen molar-refractivity contribution in [2.75, 3.05) is 19.5 Å². The molecule has 1 rings (SSSR count). The smallest absolute Gasteiger partial charge is 0.341 e. The molecule has 0 aliphatic rings. The minimum atomic E-state index is -0.615. The standard InChI is InChI=1S/C11H12N2O3/c1-3-16-11(14)9-7(6-12)4-5-8(15-2)10(9)13/h4-5H,3,13H2,1-2H3. The van der Waals surface area contributed by atoms with E-state index in [1.165, 1.54) is 19.2 Å². The summed E-state index contributed by atoms with van der Waals surface area (Å²) in [6.07, 6.45) is 0. The molecule has 84 valence electrons. The summed E-state index contributed by atoms with van der Waals surface area (Å²) in [5, 5.41) is 8.87. The van der Waals surface area contributed by atoms with Gasteiger partial charge in [0.15, 0.2) is 0 Å². The summed E-state index contributed by atoms with van der Waals surface area (Å²) in [4.78, 5) is 11.6. The molecule has 5 heteroatoms. The Morgan fingerprint density at radius 1 is 1.56 bits per heavy atom. The Labute approximate surface area is 93.4 Å². The molecule has 0 atom stereocenters. The number of nitrogens with zero attached hydrogens (tertiary/aromatic N) is 1. The molecule has 1 aromatic rings. The minimum absolute atomic E-state index is 0.0590. The Bertz CT molecular complexity index is 449. The third-order valence-electron chi connectivity index (χ3n) is 2.03. The van der Waals surface area contributed by atoms with Gasteiger partial charge in [0, 0.05) is 0 Å². The van der Waals surface area contributed by atoms with Crippen LogP contribution in [0.15, 0.2) is 12.1 Å². The third-order valence-corrected chi connectivity index (χ3v) is 2.03. The number of rotatable bonds is 3. The molecule has 0 heterocycles. The molecular formula is C11H12N2O3. The SMILES string of the molecule is CCOC(=O)c1c(C#N)ccc(OC)c1N. The van der Waals surface area contributed by atoms with Gasteiger partial charge in [-0.3, -0.25) is 0 Å². The Morgan fingerprint density at radius 2 is 2.25 bits per heavy atom. The normalized spacial score (nSPS) is 9.31. The van der Waals surface area contributed by atoms with Crippen LogP contribution in [-0.2, 0) is 4.74 Å². The van der Waals surface area contributed by atoms with E-state index in [2.05, 4.69) is 0 Å². The first kappa shape index (κ1) is 11.9. The number of nitrogens with two attached hydrogens (primary N) is 1. The van der Waals surface area contributed by atoms with Gasteiger partial charge < -0.3 is 15.2 Å². The average molecular weight is 220 g/mol. The third kappa shape index (κ3) is 2.06. The van der Waals surface area contributed by atoms with Crippen LogP contribution in [-0.4, -0.2) is 19.7 Å². The Kier molecular flexibility index (Phi) is 3.72. The molecule has 2 N–H and O–H groups in total. The van der Waals surface area contributed by atoms with Gasteiger partial charge in [-0.05, 0) is 19.1 Å². The Morgan fingerprint density at radius 3 is 2.75 bits per heavy atom.